The predicted molar refractivity (Wildman–Crippen MR) is 138 cm³/mol. The molecule has 4 heterocycles. The Morgan fingerprint density at radius 2 is 1.85 bits per heavy atom. The van der Waals surface area contributed by atoms with Crippen LogP contribution in [-0.4, -0.2) is 57.5 Å². The molecule has 0 bridgehead atoms. The number of nitrogens with one attached hydrogen (secondary N) is 2. The molecule has 0 spiro atoms. The van der Waals surface area contributed by atoms with Gasteiger partial charge in [-0.1, -0.05) is 6.07 Å². The Morgan fingerprint density at radius 3 is 2.55 bits per heavy atom. The van der Waals surface area contributed by atoms with E-state index in [1.165, 1.54) is 17.0 Å². The molecule has 3 aliphatic heterocycles. The predicted octanol–water partition coefficient (Wildman–Crippen LogP) is 3.41. The number of nitriles is 1. The Hall–Kier alpha value is -4.59. The SMILES string of the molecule is Cc1c(C(=O)N2CCC(c3ccc4c(c3F)CN(C3CCC(=O)NC3=O)C4=O)CC2)[nH]c2cc(C#N)c(F)cc12. The number of halogens is 2. The van der Waals surface area contributed by atoms with Gasteiger partial charge in [-0.25, -0.2) is 8.78 Å². The van der Waals surface area contributed by atoms with Gasteiger partial charge in [-0.3, -0.25) is 24.5 Å². The molecular formula is C29H25F2N5O4. The molecule has 11 heteroatoms. The molecule has 1 atom stereocenters. The van der Waals surface area contributed by atoms with Gasteiger partial charge in [0.2, 0.25) is 11.8 Å². The highest BCUT2D eigenvalue weighted by Gasteiger charge is 2.41. The fourth-order valence-electron chi connectivity index (χ4n) is 6.14. The van der Waals surface area contributed by atoms with Gasteiger partial charge in [-0.2, -0.15) is 5.26 Å². The molecule has 0 radical (unpaired) electrons. The summed E-state index contributed by atoms with van der Waals surface area (Å²) in [5.74, 6) is -2.87. The molecule has 1 aromatic heterocycles. The van der Waals surface area contributed by atoms with Crippen LogP contribution in [0.4, 0.5) is 8.78 Å². The lowest BCUT2D eigenvalue weighted by Crippen LogP contribution is -2.52. The number of likely N-dealkylation sites (tertiary alicyclic amines) is 1. The minimum Gasteiger partial charge on any atom is -0.350 e. The zero-order valence-electron chi connectivity index (χ0n) is 21.6. The van der Waals surface area contributed by atoms with Gasteiger partial charge in [0.05, 0.1) is 12.1 Å². The fraction of sp³-hybridized carbons (Fsp3) is 0.345. The van der Waals surface area contributed by atoms with Crippen LogP contribution in [0.2, 0.25) is 0 Å². The number of amides is 4. The summed E-state index contributed by atoms with van der Waals surface area (Å²) in [4.78, 5) is 56.1. The lowest BCUT2D eigenvalue weighted by atomic mass is 9.87. The number of piperidine rings is 2. The summed E-state index contributed by atoms with van der Waals surface area (Å²) in [6.07, 6.45) is 1.35. The number of nitrogens with zero attached hydrogens (tertiary/aromatic N) is 3. The third-order valence-electron chi connectivity index (χ3n) is 8.38. The summed E-state index contributed by atoms with van der Waals surface area (Å²) in [6, 6.07) is 6.85. The number of aryl methyl sites for hydroxylation is 1. The maximum atomic E-state index is 15.7. The van der Waals surface area contributed by atoms with E-state index >= 15 is 4.39 Å². The average molecular weight is 546 g/mol. The van der Waals surface area contributed by atoms with Crippen LogP contribution in [0.5, 0.6) is 0 Å². The fourth-order valence-corrected chi connectivity index (χ4v) is 6.14. The van der Waals surface area contributed by atoms with Gasteiger partial charge in [0.15, 0.2) is 0 Å². The van der Waals surface area contributed by atoms with Crippen molar-refractivity contribution in [2.45, 2.75) is 51.1 Å². The largest absolute Gasteiger partial charge is 0.350 e. The second-order valence-electron chi connectivity index (χ2n) is 10.6. The number of hydrogen-bond acceptors (Lipinski definition) is 5. The molecule has 0 saturated carbocycles. The van der Waals surface area contributed by atoms with Crippen LogP contribution in [0.1, 0.15) is 74.7 Å². The Labute approximate surface area is 227 Å². The molecule has 2 fully saturated rings. The molecule has 0 aliphatic carbocycles. The van der Waals surface area contributed by atoms with Crippen molar-refractivity contribution in [2.24, 2.45) is 0 Å². The van der Waals surface area contributed by atoms with Gasteiger partial charge in [0, 0.05) is 41.5 Å². The molecule has 204 valence electrons. The van der Waals surface area contributed by atoms with Gasteiger partial charge in [-0.05, 0) is 61.4 Å². The summed E-state index contributed by atoms with van der Waals surface area (Å²) in [5, 5.41) is 11.9. The number of carbonyl (C=O) groups excluding carboxylic acids is 4. The highest BCUT2D eigenvalue weighted by Crippen LogP contribution is 2.37. The number of benzene rings is 2. The van der Waals surface area contributed by atoms with Crippen molar-refractivity contribution < 1.29 is 28.0 Å². The van der Waals surface area contributed by atoms with Crippen molar-refractivity contribution in [1.29, 1.82) is 5.26 Å². The van der Waals surface area contributed by atoms with Gasteiger partial charge >= 0.3 is 0 Å². The highest BCUT2D eigenvalue weighted by molar-refractivity contribution is 6.05. The number of aromatic amines is 1. The number of H-pyrrole nitrogens is 1. The molecule has 2 saturated heterocycles. The first-order valence-electron chi connectivity index (χ1n) is 13.1. The second-order valence-corrected chi connectivity index (χ2v) is 10.6. The minimum atomic E-state index is -0.814. The topological polar surface area (TPSA) is 126 Å². The number of fused-ring (bicyclic) bond motifs is 2. The Morgan fingerprint density at radius 1 is 1.10 bits per heavy atom. The van der Waals surface area contributed by atoms with Crippen molar-refractivity contribution in [3.05, 3.63) is 69.4 Å². The van der Waals surface area contributed by atoms with Crippen LogP contribution in [0, 0.1) is 29.9 Å². The van der Waals surface area contributed by atoms with Crippen molar-refractivity contribution in [3.63, 3.8) is 0 Å². The third-order valence-corrected chi connectivity index (χ3v) is 8.38. The number of carbonyl (C=O) groups is 4. The van der Waals surface area contributed by atoms with E-state index in [-0.39, 0.29) is 53.8 Å². The number of imide groups is 1. The van der Waals surface area contributed by atoms with E-state index in [4.69, 9.17) is 5.26 Å². The summed E-state index contributed by atoms with van der Waals surface area (Å²) >= 11 is 0. The summed E-state index contributed by atoms with van der Waals surface area (Å²) in [5.41, 5.74) is 2.29. The van der Waals surface area contributed by atoms with Gasteiger partial charge in [0.1, 0.15) is 29.4 Å². The number of rotatable bonds is 3. The molecular weight excluding hydrogens is 520 g/mol. The lowest BCUT2D eigenvalue weighted by Gasteiger charge is -2.32. The molecule has 6 rings (SSSR count). The van der Waals surface area contributed by atoms with Crippen LogP contribution >= 0.6 is 0 Å². The molecule has 1 unspecified atom stereocenters. The monoisotopic (exact) mass is 545 g/mol. The maximum Gasteiger partial charge on any atom is 0.270 e. The third kappa shape index (κ3) is 4.02. The molecule has 40 heavy (non-hydrogen) atoms. The summed E-state index contributed by atoms with van der Waals surface area (Å²) in [6.45, 7) is 2.46. The van der Waals surface area contributed by atoms with Crippen molar-refractivity contribution in [1.82, 2.24) is 20.1 Å². The molecule has 2 N–H and O–H groups in total. The standard InChI is InChI=1S/C29H25F2N5O4/c1-14-19-11-21(30)16(12-32)10-22(19)33-26(14)29(40)35-8-6-15(7-9-35)17-2-3-18-20(25(17)31)13-36(28(18)39)23-4-5-24(37)34-27(23)38/h2-3,10-11,15,23,33H,4-9,13H2,1H3,(H,34,37,38). The maximum absolute atomic E-state index is 15.7. The lowest BCUT2D eigenvalue weighted by molar-refractivity contribution is -0.136. The average Bonchev–Trinajstić information content (AvgIpc) is 3.45. The van der Waals surface area contributed by atoms with Crippen molar-refractivity contribution in [3.8, 4) is 6.07 Å². The van der Waals surface area contributed by atoms with E-state index in [0.29, 0.717) is 53.7 Å². The van der Waals surface area contributed by atoms with Crippen molar-refractivity contribution >= 4 is 34.5 Å². The van der Waals surface area contributed by atoms with Crippen LogP contribution in [-0.2, 0) is 16.1 Å². The Bertz CT molecular complexity index is 1660. The minimum absolute atomic E-state index is 0.0365. The van der Waals surface area contributed by atoms with Gasteiger partial charge < -0.3 is 14.8 Å². The first kappa shape index (κ1) is 25.7. The van der Waals surface area contributed by atoms with Crippen LogP contribution in [0.25, 0.3) is 10.9 Å². The second kappa shape index (κ2) is 9.55. The van der Waals surface area contributed by atoms with E-state index in [0.717, 1.165) is 0 Å². The van der Waals surface area contributed by atoms with Gasteiger partial charge in [0.25, 0.3) is 11.8 Å². The van der Waals surface area contributed by atoms with Crippen molar-refractivity contribution in [2.75, 3.05) is 13.1 Å². The summed E-state index contributed by atoms with van der Waals surface area (Å²) < 4.78 is 29.9. The van der Waals surface area contributed by atoms with Crippen LogP contribution in [0.3, 0.4) is 0 Å². The highest BCUT2D eigenvalue weighted by atomic mass is 19.1. The van der Waals surface area contributed by atoms with E-state index in [1.807, 2.05) is 0 Å². The van der Waals surface area contributed by atoms with E-state index in [9.17, 15) is 23.6 Å². The quantitative estimate of drug-likeness (QED) is 0.488. The Balaban J connectivity index is 1.17. The number of hydrogen-bond donors (Lipinski definition) is 2. The van der Waals surface area contributed by atoms with Crippen LogP contribution in [0.15, 0.2) is 24.3 Å². The first-order chi connectivity index (χ1) is 19.2. The number of aromatic nitrogens is 1. The summed E-state index contributed by atoms with van der Waals surface area (Å²) in [7, 11) is 0. The Kier molecular flexibility index (Phi) is 6.13. The molecule has 2 aromatic carbocycles. The first-order valence-corrected chi connectivity index (χ1v) is 13.1. The van der Waals surface area contributed by atoms with Gasteiger partial charge in [-0.15, -0.1) is 0 Å². The van der Waals surface area contributed by atoms with E-state index < -0.39 is 29.5 Å². The normalized spacial score (nSPS) is 19.6. The molecule has 4 amide bonds. The van der Waals surface area contributed by atoms with Crippen LogP contribution < -0.4 is 5.32 Å². The zero-order chi connectivity index (χ0) is 28.3. The van der Waals surface area contributed by atoms with E-state index in [1.54, 1.807) is 30.0 Å². The molecule has 3 aliphatic rings. The molecule has 9 nitrogen and oxygen atoms in total. The molecule has 3 aromatic rings. The zero-order valence-corrected chi connectivity index (χ0v) is 21.6. The smallest absolute Gasteiger partial charge is 0.270 e. The van der Waals surface area contributed by atoms with E-state index in [2.05, 4.69) is 10.3 Å².